The Balaban J connectivity index is 2.05. The van der Waals surface area contributed by atoms with E-state index in [1.54, 1.807) is 6.92 Å². The maximum atomic E-state index is 12.0. The molecule has 0 radical (unpaired) electrons. The summed E-state index contributed by atoms with van der Waals surface area (Å²) in [5.74, 6) is -1.58. The molecule has 0 aliphatic heterocycles. The number of carboxylic acids is 1. The monoisotopic (exact) mass is 269 g/mol. The molecule has 1 aliphatic carbocycles. The molecule has 2 atom stereocenters. The second-order valence-corrected chi connectivity index (χ2v) is 5.25. The number of carbonyl (C=O) groups is 2. The van der Waals surface area contributed by atoms with Crippen molar-refractivity contribution in [1.82, 2.24) is 14.9 Å². The molecule has 1 aromatic heterocycles. The fraction of sp³-hybridized carbons (Fsp3) is 0.636. The minimum Gasteiger partial charge on any atom is -0.481 e. The molecule has 1 aliphatic rings. The van der Waals surface area contributed by atoms with Gasteiger partial charge in [-0.2, -0.15) is 0 Å². The third-order valence-corrected chi connectivity index (χ3v) is 4.08. The first-order valence-corrected chi connectivity index (χ1v) is 6.69. The number of hydrogen-bond donors (Lipinski definition) is 2. The summed E-state index contributed by atoms with van der Waals surface area (Å²) in [4.78, 5) is 23.6. The average molecular weight is 269 g/mol. The maximum Gasteiger partial charge on any atom is 0.308 e. The lowest BCUT2D eigenvalue weighted by molar-refractivity contribution is -0.143. The Labute approximate surface area is 109 Å². The van der Waals surface area contributed by atoms with Gasteiger partial charge >= 0.3 is 5.97 Å². The maximum absolute atomic E-state index is 12.0. The molecule has 2 rings (SSSR count). The zero-order valence-corrected chi connectivity index (χ0v) is 10.9. The van der Waals surface area contributed by atoms with Crippen molar-refractivity contribution in [2.24, 2.45) is 5.92 Å². The van der Waals surface area contributed by atoms with Crippen LogP contribution >= 0.6 is 11.5 Å². The Morgan fingerprint density at radius 3 is 2.72 bits per heavy atom. The van der Waals surface area contributed by atoms with Crippen molar-refractivity contribution in [2.75, 3.05) is 0 Å². The molecule has 1 heterocycles. The van der Waals surface area contributed by atoms with Crippen molar-refractivity contribution in [2.45, 2.75) is 38.6 Å². The Morgan fingerprint density at radius 1 is 1.39 bits per heavy atom. The number of carboxylic acid groups (broad SMARTS) is 1. The number of nitrogens with one attached hydrogen (secondary N) is 1. The van der Waals surface area contributed by atoms with E-state index in [4.69, 9.17) is 5.11 Å². The van der Waals surface area contributed by atoms with Gasteiger partial charge in [0.25, 0.3) is 5.91 Å². The highest BCUT2D eigenvalue weighted by Crippen LogP contribution is 2.25. The lowest BCUT2D eigenvalue weighted by Gasteiger charge is -2.29. The molecule has 0 spiro atoms. The highest BCUT2D eigenvalue weighted by Gasteiger charge is 2.32. The first kappa shape index (κ1) is 12.9. The molecule has 1 saturated carbocycles. The standard InChI is InChI=1S/C11H15N3O3S/c1-6-9(18-14-13-6)10(15)12-8-5-3-2-4-7(8)11(16)17/h7-8H,2-5H2,1H3,(H,12,15)(H,16,17). The van der Waals surface area contributed by atoms with E-state index >= 15 is 0 Å². The topological polar surface area (TPSA) is 92.2 Å². The van der Waals surface area contributed by atoms with Crippen LogP contribution in [-0.2, 0) is 4.79 Å². The van der Waals surface area contributed by atoms with Gasteiger partial charge in [-0.25, -0.2) is 0 Å². The zero-order valence-electron chi connectivity index (χ0n) is 10.0. The van der Waals surface area contributed by atoms with Crippen molar-refractivity contribution in [3.8, 4) is 0 Å². The van der Waals surface area contributed by atoms with Crippen LogP contribution in [-0.4, -0.2) is 32.6 Å². The summed E-state index contributed by atoms with van der Waals surface area (Å²) in [6, 6.07) is -0.287. The third kappa shape index (κ3) is 2.66. The van der Waals surface area contributed by atoms with E-state index in [2.05, 4.69) is 14.9 Å². The van der Waals surface area contributed by atoms with Crippen LogP contribution in [0.1, 0.15) is 41.0 Å². The molecule has 0 aromatic carbocycles. The van der Waals surface area contributed by atoms with Crippen LogP contribution in [0, 0.1) is 12.8 Å². The van der Waals surface area contributed by atoms with Gasteiger partial charge in [0.15, 0.2) is 0 Å². The number of aromatic nitrogens is 2. The number of nitrogens with zero attached hydrogens (tertiary/aromatic N) is 2. The molecular weight excluding hydrogens is 254 g/mol. The number of amides is 1. The second kappa shape index (κ2) is 5.43. The summed E-state index contributed by atoms with van der Waals surface area (Å²) in [7, 11) is 0. The highest BCUT2D eigenvalue weighted by atomic mass is 32.1. The van der Waals surface area contributed by atoms with Crippen molar-refractivity contribution >= 4 is 23.4 Å². The third-order valence-electron chi connectivity index (χ3n) is 3.26. The summed E-state index contributed by atoms with van der Waals surface area (Å²) < 4.78 is 3.70. The Hall–Kier alpha value is -1.50. The van der Waals surface area contributed by atoms with Gasteiger partial charge in [0.1, 0.15) is 4.88 Å². The van der Waals surface area contributed by atoms with E-state index in [1.807, 2.05) is 0 Å². The first-order chi connectivity index (χ1) is 8.59. The molecule has 6 nitrogen and oxygen atoms in total. The molecule has 1 fully saturated rings. The predicted molar refractivity (Wildman–Crippen MR) is 65.5 cm³/mol. The van der Waals surface area contributed by atoms with Gasteiger partial charge in [0.05, 0.1) is 11.6 Å². The first-order valence-electron chi connectivity index (χ1n) is 5.92. The van der Waals surface area contributed by atoms with Crippen LogP contribution in [0.25, 0.3) is 0 Å². The van der Waals surface area contributed by atoms with Crippen LogP contribution in [0.5, 0.6) is 0 Å². The van der Waals surface area contributed by atoms with Gasteiger partial charge in [-0.15, -0.1) is 5.10 Å². The molecule has 98 valence electrons. The number of rotatable bonds is 3. The number of aliphatic carboxylic acids is 1. The normalized spacial score (nSPS) is 23.6. The molecule has 2 unspecified atom stereocenters. The van der Waals surface area contributed by atoms with Gasteiger partial charge in [0.2, 0.25) is 0 Å². The van der Waals surface area contributed by atoms with E-state index in [0.717, 1.165) is 24.4 Å². The van der Waals surface area contributed by atoms with Gasteiger partial charge in [-0.1, -0.05) is 17.3 Å². The molecule has 1 aromatic rings. The fourth-order valence-corrected chi connectivity index (χ4v) is 2.83. The number of carbonyl (C=O) groups excluding carboxylic acids is 1. The summed E-state index contributed by atoms with van der Waals surface area (Å²) in [5, 5.41) is 15.7. The van der Waals surface area contributed by atoms with Crippen molar-refractivity contribution in [3.05, 3.63) is 10.6 Å². The zero-order chi connectivity index (χ0) is 13.1. The van der Waals surface area contributed by atoms with E-state index < -0.39 is 11.9 Å². The van der Waals surface area contributed by atoms with Crippen molar-refractivity contribution in [3.63, 3.8) is 0 Å². The summed E-state index contributed by atoms with van der Waals surface area (Å²) in [5.41, 5.74) is 0.584. The van der Waals surface area contributed by atoms with Gasteiger partial charge in [-0.05, 0) is 31.3 Å². The van der Waals surface area contributed by atoms with E-state index in [1.165, 1.54) is 0 Å². The number of hydrogen-bond acceptors (Lipinski definition) is 5. The molecule has 1 amide bonds. The predicted octanol–water partition coefficient (Wildman–Crippen LogP) is 1.22. The minimum atomic E-state index is -0.834. The highest BCUT2D eigenvalue weighted by molar-refractivity contribution is 7.08. The smallest absolute Gasteiger partial charge is 0.308 e. The van der Waals surface area contributed by atoms with Gasteiger partial charge in [-0.3, -0.25) is 9.59 Å². The Kier molecular flexibility index (Phi) is 3.90. The van der Waals surface area contributed by atoms with Crippen LogP contribution in [0.4, 0.5) is 0 Å². The second-order valence-electron chi connectivity index (χ2n) is 4.50. The van der Waals surface area contributed by atoms with Gasteiger partial charge < -0.3 is 10.4 Å². The van der Waals surface area contributed by atoms with Gasteiger partial charge in [0, 0.05) is 6.04 Å². The Bertz CT molecular complexity index is 460. The lowest BCUT2D eigenvalue weighted by atomic mass is 9.84. The van der Waals surface area contributed by atoms with E-state index in [0.29, 0.717) is 23.4 Å². The van der Waals surface area contributed by atoms with Crippen molar-refractivity contribution in [1.29, 1.82) is 0 Å². The van der Waals surface area contributed by atoms with Crippen LogP contribution in [0.2, 0.25) is 0 Å². The molecule has 2 N–H and O–H groups in total. The van der Waals surface area contributed by atoms with Crippen LogP contribution in [0.3, 0.4) is 0 Å². The van der Waals surface area contributed by atoms with Crippen LogP contribution in [0.15, 0.2) is 0 Å². The van der Waals surface area contributed by atoms with Crippen molar-refractivity contribution < 1.29 is 14.7 Å². The van der Waals surface area contributed by atoms with E-state index in [9.17, 15) is 9.59 Å². The quantitative estimate of drug-likeness (QED) is 0.860. The molecule has 0 bridgehead atoms. The number of aryl methyl sites for hydroxylation is 1. The SMILES string of the molecule is Cc1nnsc1C(=O)NC1CCCCC1C(=O)O. The summed E-state index contributed by atoms with van der Waals surface area (Å²) >= 11 is 1.04. The Morgan fingerprint density at radius 2 is 2.11 bits per heavy atom. The molecule has 7 heteroatoms. The summed E-state index contributed by atoms with van der Waals surface area (Å²) in [6.45, 7) is 1.72. The lowest BCUT2D eigenvalue weighted by Crippen LogP contribution is -2.45. The minimum absolute atomic E-state index is 0.263. The summed E-state index contributed by atoms with van der Waals surface area (Å²) in [6.07, 6.45) is 3.20. The van der Waals surface area contributed by atoms with E-state index in [-0.39, 0.29) is 11.9 Å². The van der Waals surface area contributed by atoms with Crippen LogP contribution < -0.4 is 5.32 Å². The largest absolute Gasteiger partial charge is 0.481 e. The molecular formula is C11H15N3O3S. The molecule has 0 saturated heterocycles. The molecule has 18 heavy (non-hydrogen) atoms. The average Bonchev–Trinajstić information content (AvgIpc) is 2.76. The fourth-order valence-electron chi connectivity index (χ4n) is 2.27.